The van der Waals surface area contributed by atoms with Gasteiger partial charge in [0.1, 0.15) is 11.4 Å². The minimum absolute atomic E-state index is 0.405. The number of ether oxygens (including phenoxy) is 2. The Bertz CT molecular complexity index is 1300. The van der Waals surface area contributed by atoms with Crippen molar-refractivity contribution < 1.29 is 28.1 Å². The molecule has 4 rings (SSSR count). The van der Waals surface area contributed by atoms with E-state index in [1.165, 1.54) is 11.9 Å². The number of nitrogens with zero attached hydrogens (tertiary/aromatic N) is 2. The number of amides is 3. The van der Waals surface area contributed by atoms with Crippen LogP contribution in [0.1, 0.15) is 33.3 Å². The summed E-state index contributed by atoms with van der Waals surface area (Å²) in [6, 6.07) is 13.4. The third-order valence-electron chi connectivity index (χ3n) is 6.93. The number of imide groups is 1. The molecule has 5 atom stereocenters. The zero-order valence-corrected chi connectivity index (χ0v) is 23.6. The highest BCUT2D eigenvalue weighted by Crippen LogP contribution is 2.44. The van der Waals surface area contributed by atoms with E-state index in [2.05, 4.69) is 0 Å². The van der Waals surface area contributed by atoms with Gasteiger partial charge in [-0.3, -0.25) is 23.6 Å². The minimum Gasteiger partial charge on any atom is -0.497 e. The Morgan fingerprint density at radius 1 is 0.947 bits per heavy atom. The highest BCUT2D eigenvalue weighted by Gasteiger charge is 2.58. The smallest absolute Gasteiger partial charge is 0.415 e. The molecule has 1 unspecified atom stereocenters. The van der Waals surface area contributed by atoms with Crippen molar-refractivity contribution in [2.24, 2.45) is 11.8 Å². The number of hydrogen-bond donors (Lipinski definition) is 0. The number of anilines is 1. The SMILES string of the molecule is COc1ccc(N(C(=O)OC(C)(C)C)[C@@H]2C(C)=C[C@H](S(=O)c3ccc(C)cc3)[C@@H]3C(=O)N(C)C(=O)[C@@H]32)cc1. The number of carbonyl (C=O) groups excluding carboxylic acids is 3. The zero-order valence-electron chi connectivity index (χ0n) is 22.8. The van der Waals surface area contributed by atoms with Crippen LogP contribution < -0.4 is 9.64 Å². The molecule has 8 nitrogen and oxygen atoms in total. The molecule has 38 heavy (non-hydrogen) atoms. The molecule has 3 amide bonds. The first-order valence-corrected chi connectivity index (χ1v) is 13.7. The van der Waals surface area contributed by atoms with Gasteiger partial charge in [-0.15, -0.1) is 0 Å². The molecule has 1 aliphatic carbocycles. The van der Waals surface area contributed by atoms with Gasteiger partial charge in [0.25, 0.3) is 0 Å². The lowest BCUT2D eigenvalue weighted by molar-refractivity contribution is -0.138. The predicted octanol–water partition coefficient (Wildman–Crippen LogP) is 4.48. The summed E-state index contributed by atoms with van der Waals surface area (Å²) in [4.78, 5) is 43.8. The molecular formula is C29H34N2O6S. The second-order valence-electron chi connectivity index (χ2n) is 10.8. The Hall–Kier alpha value is -3.46. The topological polar surface area (TPSA) is 93.2 Å². The van der Waals surface area contributed by atoms with Crippen LogP contribution in [0.5, 0.6) is 5.75 Å². The molecule has 1 saturated heterocycles. The molecule has 1 heterocycles. The number of aryl methyl sites for hydroxylation is 1. The van der Waals surface area contributed by atoms with Gasteiger partial charge < -0.3 is 9.47 Å². The number of methoxy groups -OCH3 is 1. The van der Waals surface area contributed by atoms with E-state index in [9.17, 15) is 18.6 Å². The van der Waals surface area contributed by atoms with Crippen molar-refractivity contribution in [3.05, 3.63) is 65.7 Å². The largest absolute Gasteiger partial charge is 0.497 e. The van der Waals surface area contributed by atoms with Crippen LogP contribution >= 0.6 is 0 Å². The van der Waals surface area contributed by atoms with Gasteiger partial charge in [-0.25, -0.2) is 4.79 Å². The summed E-state index contributed by atoms with van der Waals surface area (Å²) in [6.45, 7) is 9.04. The van der Waals surface area contributed by atoms with E-state index < -0.39 is 57.4 Å². The molecule has 2 aromatic carbocycles. The van der Waals surface area contributed by atoms with Gasteiger partial charge in [-0.2, -0.15) is 0 Å². The highest BCUT2D eigenvalue weighted by atomic mass is 32.2. The lowest BCUT2D eigenvalue weighted by atomic mass is 9.76. The number of fused-ring (bicyclic) bond motifs is 1. The standard InChI is InChI=1S/C29H34N2O6S/c1-17-8-14-21(15-9-17)38(35)22-16-18(2)25(24-23(22)26(32)30(6)27(24)33)31(28(34)37-29(3,4)5)19-10-12-20(36-7)13-11-19/h8-16,22-25H,1-7H3/t22-,23-,24-,25+,38?/m0/s1. The zero-order chi connectivity index (χ0) is 27.9. The monoisotopic (exact) mass is 538 g/mol. The lowest BCUT2D eigenvalue weighted by Gasteiger charge is -2.41. The molecule has 202 valence electrons. The third kappa shape index (κ3) is 5.12. The molecule has 1 aliphatic heterocycles. The second kappa shape index (κ2) is 10.4. The molecule has 0 N–H and O–H groups in total. The number of rotatable bonds is 5. The number of benzene rings is 2. The molecule has 1 fully saturated rings. The van der Waals surface area contributed by atoms with Gasteiger partial charge in [0.15, 0.2) is 0 Å². The van der Waals surface area contributed by atoms with Gasteiger partial charge in [0, 0.05) is 17.6 Å². The maximum Gasteiger partial charge on any atom is 0.415 e. The average molecular weight is 539 g/mol. The van der Waals surface area contributed by atoms with E-state index >= 15 is 0 Å². The van der Waals surface area contributed by atoms with E-state index in [0.29, 0.717) is 21.9 Å². The Balaban J connectivity index is 1.85. The Morgan fingerprint density at radius 2 is 1.53 bits per heavy atom. The summed E-state index contributed by atoms with van der Waals surface area (Å²) in [6.07, 6.45) is 1.14. The molecule has 2 aromatic rings. The summed E-state index contributed by atoms with van der Waals surface area (Å²) in [5.74, 6) is -2.03. The first-order valence-electron chi connectivity index (χ1n) is 12.5. The van der Waals surface area contributed by atoms with Crippen LogP contribution in [0.25, 0.3) is 0 Å². The van der Waals surface area contributed by atoms with Gasteiger partial charge in [-0.1, -0.05) is 29.3 Å². The molecule has 0 radical (unpaired) electrons. The van der Waals surface area contributed by atoms with Crippen molar-refractivity contribution in [3.63, 3.8) is 0 Å². The van der Waals surface area contributed by atoms with Crippen molar-refractivity contribution in [3.8, 4) is 5.75 Å². The van der Waals surface area contributed by atoms with Gasteiger partial charge in [0.2, 0.25) is 11.8 Å². The lowest BCUT2D eigenvalue weighted by Crippen LogP contribution is -2.54. The fraction of sp³-hybridized carbons (Fsp3) is 0.414. The normalized spacial score (nSPS) is 24.0. The third-order valence-corrected chi connectivity index (χ3v) is 8.59. The second-order valence-corrected chi connectivity index (χ2v) is 12.4. The molecule has 9 heteroatoms. The van der Waals surface area contributed by atoms with Gasteiger partial charge >= 0.3 is 6.09 Å². The van der Waals surface area contributed by atoms with E-state index in [1.807, 2.05) is 19.1 Å². The number of hydrogen-bond acceptors (Lipinski definition) is 6. The van der Waals surface area contributed by atoms with Crippen LogP contribution in [0.15, 0.2) is 65.1 Å². The molecule has 2 aliphatic rings. The van der Waals surface area contributed by atoms with Gasteiger partial charge in [-0.05, 0) is 71.0 Å². The maximum absolute atomic E-state index is 13.8. The Labute approximate surface area is 226 Å². The highest BCUT2D eigenvalue weighted by molar-refractivity contribution is 7.86. The Morgan fingerprint density at radius 3 is 2.08 bits per heavy atom. The predicted molar refractivity (Wildman–Crippen MR) is 145 cm³/mol. The van der Waals surface area contributed by atoms with Gasteiger partial charge in [0.05, 0.1) is 41.0 Å². The van der Waals surface area contributed by atoms with Crippen molar-refractivity contribution in [2.75, 3.05) is 19.1 Å². The molecular weight excluding hydrogens is 504 g/mol. The van der Waals surface area contributed by atoms with Crippen LogP contribution in [0, 0.1) is 18.8 Å². The average Bonchev–Trinajstić information content (AvgIpc) is 3.08. The Kier molecular flexibility index (Phi) is 7.52. The first-order chi connectivity index (χ1) is 17.8. The summed E-state index contributed by atoms with van der Waals surface area (Å²) < 4.78 is 24.8. The van der Waals surface area contributed by atoms with Crippen molar-refractivity contribution in [2.45, 2.75) is 56.4 Å². The van der Waals surface area contributed by atoms with Crippen LogP contribution in [-0.2, 0) is 25.1 Å². The molecule has 0 spiro atoms. The van der Waals surface area contributed by atoms with Crippen LogP contribution in [0.4, 0.5) is 10.5 Å². The van der Waals surface area contributed by atoms with Crippen molar-refractivity contribution >= 4 is 34.4 Å². The number of likely N-dealkylation sites (tertiary alicyclic amines) is 1. The summed E-state index contributed by atoms with van der Waals surface area (Å²) >= 11 is 0. The molecule has 0 saturated carbocycles. The quantitative estimate of drug-likeness (QED) is 0.412. The van der Waals surface area contributed by atoms with E-state index in [0.717, 1.165) is 10.5 Å². The summed E-state index contributed by atoms with van der Waals surface area (Å²) in [7, 11) is 1.39. The van der Waals surface area contributed by atoms with Crippen LogP contribution in [-0.4, -0.2) is 58.1 Å². The fourth-order valence-corrected chi connectivity index (χ4v) is 6.72. The molecule has 0 bridgehead atoms. The fourth-order valence-electron chi connectivity index (χ4n) is 5.11. The van der Waals surface area contributed by atoms with Crippen molar-refractivity contribution in [1.82, 2.24) is 4.90 Å². The minimum atomic E-state index is -1.59. The number of carbonyl (C=O) groups is 3. The maximum atomic E-state index is 13.8. The first kappa shape index (κ1) is 27.6. The van der Waals surface area contributed by atoms with E-state index in [-0.39, 0.29) is 0 Å². The van der Waals surface area contributed by atoms with Crippen LogP contribution in [0.2, 0.25) is 0 Å². The van der Waals surface area contributed by atoms with Crippen LogP contribution in [0.3, 0.4) is 0 Å². The van der Waals surface area contributed by atoms with E-state index in [4.69, 9.17) is 9.47 Å². The summed E-state index contributed by atoms with van der Waals surface area (Å²) in [5.41, 5.74) is 1.38. The van der Waals surface area contributed by atoms with Crippen molar-refractivity contribution in [1.29, 1.82) is 0 Å². The molecule has 0 aromatic heterocycles. The van der Waals surface area contributed by atoms with E-state index in [1.54, 1.807) is 77.3 Å². The summed E-state index contributed by atoms with van der Waals surface area (Å²) in [5, 5.41) is -0.725.